The van der Waals surface area contributed by atoms with Crippen LogP contribution in [0.2, 0.25) is 5.02 Å². The topological polar surface area (TPSA) is 126 Å². The van der Waals surface area contributed by atoms with E-state index in [-0.39, 0.29) is 28.4 Å². The highest BCUT2D eigenvalue weighted by Gasteiger charge is 2.33. The van der Waals surface area contributed by atoms with Gasteiger partial charge in [0, 0.05) is 23.8 Å². The fourth-order valence-electron chi connectivity index (χ4n) is 4.41. The number of hydrogen-bond donors (Lipinski definition) is 0. The van der Waals surface area contributed by atoms with Gasteiger partial charge in [0.15, 0.2) is 4.80 Å². The van der Waals surface area contributed by atoms with Crippen LogP contribution >= 0.6 is 22.9 Å². The molecule has 0 spiro atoms. The molecule has 0 aliphatic carbocycles. The van der Waals surface area contributed by atoms with Crippen LogP contribution in [0, 0.1) is 10.1 Å². The molecule has 1 atom stereocenters. The summed E-state index contributed by atoms with van der Waals surface area (Å²) in [5, 5.41) is 11.5. The molecule has 0 radical (unpaired) electrons. The van der Waals surface area contributed by atoms with Gasteiger partial charge >= 0.3 is 5.97 Å². The number of furan rings is 1. The minimum absolute atomic E-state index is 0.128. The predicted octanol–water partition coefficient (Wildman–Crippen LogP) is 4.63. The van der Waals surface area contributed by atoms with Crippen molar-refractivity contribution in [3.8, 4) is 17.1 Å². The highest BCUT2D eigenvalue weighted by Crippen LogP contribution is 2.33. The number of non-ortho nitro benzene ring substituents is 1. The summed E-state index contributed by atoms with van der Waals surface area (Å²) in [6.07, 6.45) is 1.56. The maximum atomic E-state index is 13.8. The second kappa shape index (κ2) is 10.9. The largest absolute Gasteiger partial charge is 0.497 e. The number of esters is 1. The highest BCUT2D eigenvalue weighted by molar-refractivity contribution is 7.07. The Bertz CT molecular complexity index is 1850. The summed E-state index contributed by atoms with van der Waals surface area (Å²) in [4.78, 5) is 42.4. The summed E-state index contributed by atoms with van der Waals surface area (Å²) in [6, 6.07) is 13.7. The number of benzene rings is 2. The van der Waals surface area contributed by atoms with Gasteiger partial charge in [0.1, 0.15) is 17.3 Å². The van der Waals surface area contributed by atoms with Crippen LogP contribution in [-0.4, -0.2) is 29.2 Å². The number of rotatable bonds is 7. The number of ether oxygens (including phenoxy) is 2. The van der Waals surface area contributed by atoms with Gasteiger partial charge < -0.3 is 13.9 Å². The number of allylic oxidation sites excluding steroid dienone is 1. The maximum absolute atomic E-state index is 13.8. The number of carbonyl (C=O) groups excluding carboxylic acids is 1. The average molecular weight is 580 g/mol. The lowest BCUT2D eigenvalue weighted by Crippen LogP contribution is -2.39. The van der Waals surface area contributed by atoms with Gasteiger partial charge in [0.25, 0.3) is 11.2 Å². The van der Waals surface area contributed by atoms with E-state index in [0.717, 1.165) is 11.3 Å². The van der Waals surface area contributed by atoms with Crippen LogP contribution in [0.5, 0.6) is 5.75 Å². The molecule has 0 N–H and O–H groups in total. The first kappa shape index (κ1) is 27.1. The van der Waals surface area contributed by atoms with E-state index in [1.165, 1.54) is 22.8 Å². The first-order valence-electron chi connectivity index (χ1n) is 12.1. The van der Waals surface area contributed by atoms with Gasteiger partial charge in [-0.2, -0.15) is 0 Å². The zero-order valence-corrected chi connectivity index (χ0v) is 23.1. The zero-order chi connectivity index (χ0) is 28.6. The number of fused-ring (bicyclic) bond motifs is 1. The van der Waals surface area contributed by atoms with Crippen molar-refractivity contribution in [3.63, 3.8) is 0 Å². The minimum Gasteiger partial charge on any atom is -0.497 e. The number of methoxy groups -OCH3 is 1. The summed E-state index contributed by atoms with van der Waals surface area (Å²) in [5.74, 6) is 0.727. The van der Waals surface area contributed by atoms with E-state index in [9.17, 15) is 19.7 Å². The number of nitro groups is 1. The second-order valence-corrected chi connectivity index (χ2v) is 10.1. The molecule has 0 fully saturated rings. The van der Waals surface area contributed by atoms with E-state index in [0.29, 0.717) is 43.4 Å². The monoisotopic (exact) mass is 579 g/mol. The Balaban J connectivity index is 1.62. The van der Waals surface area contributed by atoms with E-state index in [4.69, 9.17) is 25.5 Å². The predicted molar refractivity (Wildman–Crippen MR) is 149 cm³/mol. The number of carbonyl (C=O) groups is 1. The Hall–Kier alpha value is -4.48. The number of aromatic nitrogens is 1. The van der Waals surface area contributed by atoms with Crippen molar-refractivity contribution in [3.05, 3.63) is 112 Å². The van der Waals surface area contributed by atoms with E-state index < -0.39 is 16.9 Å². The van der Waals surface area contributed by atoms with Gasteiger partial charge in [-0.3, -0.25) is 19.5 Å². The average Bonchev–Trinajstić information content (AvgIpc) is 3.52. The van der Waals surface area contributed by atoms with E-state index in [1.54, 1.807) is 63.4 Å². The van der Waals surface area contributed by atoms with E-state index >= 15 is 0 Å². The van der Waals surface area contributed by atoms with Crippen molar-refractivity contribution in [2.75, 3.05) is 13.7 Å². The van der Waals surface area contributed by atoms with Gasteiger partial charge in [-0.1, -0.05) is 35.1 Å². The van der Waals surface area contributed by atoms with Crippen LogP contribution in [0.25, 0.3) is 17.4 Å². The Morgan fingerprint density at radius 1 is 1.23 bits per heavy atom. The standard InChI is InChI=1S/C28H22ClN3O7S/c1-4-38-27(34)24-15(2)30-28-31(25(24)16-5-8-18(37-3)9-6-16)26(33)23(40-28)14-19-10-12-22(39-19)20-13-17(32(35)36)7-11-21(20)29/h5-14,25H,4H2,1-3H3. The lowest BCUT2D eigenvalue weighted by Gasteiger charge is -2.24. The second-order valence-electron chi connectivity index (χ2n) is 8.70. The number of hydrogen-bond acceptors (Lipinski definition) is 9. The molecular formula is C28H22ClN3O7S. The molecule has 12 heteroatoms. The molecule has 4 aromatic rings. The Morgan fingerprint density at radius 3 is 2.65 bits per heavy atom. The highest BCUT2D eigenvalue weighted by atomic mass is 35.5. The zero-order valence-electron chi connectivity index (χ0n) is 21.5. The molecule has 0 amide bonds. The van der Waals surface area contributed by atoms with Crippen molar-refractivity contribution in [2.45, 2.75) is 19.9 Å². The van der Waals surface area contributed by atoms with Crippen LogP contribution in [0.4, 0.5) is 5.69 Å². The molecule has 40 heavy (non-hydrogen) atoms. The van der Waals surface area contributed by atoms with Crippen molar-refractivity contribution in [2.24, 2.45) is 4.99 Å². The van der Waals surface area contributed by atoms with E-state index in [2.05, 4.69) is 4.99 Å². The van der Waals surface area contributed by atoms with Gasteiger partial charge in [0.05, 0.1) is 45.5 Å². The number of nitrogens with zero attached hydrogens (tertiary/aromatic N) is 3. The van der Waals surface area contributed by atoms with Crippen LogP contribution < -0.4 is 19.6 Å². The van der Waals surface area contributed by atoms with Gasteiger partial charge in [-0.25, -0.2) is 9.79 Å². The van der Waals surface area contributed by atoms with Crippen LogP contribution in [0.15, 0.2) is 80.1 Å². The number of thiazole rings is 1. The fraction of sp³-hybridized carbons (Fsp3) is 0.179. The quantitative estimate of drug-likeness (QED) is 0.177. The molecule has 0 bridgehead atoms. The Kier molecular flexibility index (Phi) is 7.42. The van der Waals surface area contributed by atoms with Crippen LogP contribution in [0.3, 0.4) is 0 Å². The van der Waals surface area contributed by atoms with Gasteiger partial charge in [0.2, 0.25) is 0 Å². The molecule has 5 rings (SSSR count). The molecule has 2 aromatic heterocycles. The summed E-state index contributed by atoms with van der Waals surface area (Å²) in [6.45, 7) is 3.59. The third kappa shape index (κ3) is 4.96. The number of nitro benzene ring substituents is 1. The molecule has 3 heterocycles. The summed E-state index contributed by atoms with van der Waals surface area (Å²) >= 11 is 7.41. The smallest absolute Gasteiger partial charge is 0.338 e. The molecule has 0 saturated carbocycles. The summed E-state index contributed by atoms with van der Waals surface area (Å²) < 4.78 is 18.3. The lowest BCUT2D eigenvalue weighted by molar-refractivity contribution is -0.384. The first-order valence-corrected chi connectivity index (χ1v) is 13.3. The summed E-state index contributed by atoms with van der Waals surface area (Å²) in [5.41, 5.74) is 1.26. The molecule has 0 saturated heterocycles. The van der Waals surface area contributed by atoms with Crippen molar-refractivity contribution < 1.29 is 23.6 Å². The summed E-state index contributed by atoms with van der Waals surface area (Å²) in [7, 11) is 1.55. The van der Waals surface area contributed by atoms with Crippen LogP contribution in [-0.2, 0) is 9.53 Å². The number of halogens is 1. The minimum atomic E-state index is -0.765. The molecule has 10 nitrogen and oxygen atoms in total. The molecule has 1 unspecified atom stereocenters. The molecule has 1 aliphatic heterocycles. The normalized spacial score (nSPS) is 15.0. The Morgan fingerprint density at radius 2 is 1.98 bits per heavy atom. The molecule has 1 aliphatic rings. The van der Waals surface area contributed by atoms with Crippen molar-refractivity contribution in [1.29, 1.82) is 0 Å². The third-order valence-electron chi connectivity index (χ3n) is 6.27. The first-order chi connectivity index (χ1) is 19.2. The lowest BCUT2D eigenvalue weighted by atomic mass is 9.96. The van der Waals surface area contributed by atoms with Gasteiger partial charge in [-0.05, 0) is 49.7 Å². The molecule has 204 valence electrons. The maximum Gasteiger partial charge on any atom is 0.338 e. The van der Waals surface area contributed by atoms with Gasteiger partial charge in [-0.15, -0.1) is 0 Å². The van der Waals surface area contributed by atoms with Crippen LogP contribution in [0.1, 0.15) is 31.2 Å². The van der Waals surface area contributed by atoms with E-state index in [1.807, 2.05) is 0 Å². The fourth-order valence-corrected chi connectivity index (χ4v) is 5.65. The molecule has 2 aromatic carbocycles. The Labute approximate surface area is 236 Å². The SMILES string of the molecule is CCOC(=O)C1=C(C)N=c2sc(=Cc3ccc(-c4cc([N+](=O)[O-])ccc4Cl)o3)c(=O)n2C1c1ccc(OC)cc1. The molecular weight excluding hydrogens is 558 g/mol. The van der Waals surface area contributed by atoms with Crippen molar-refractivity contribution in [1.82, 2.24) is 4.57 Å². The third-order valence-corrected chi connectivity index (χ3v) is 7.59. The van der Waals surface area contributed by atoms with Crippen molar-refractivity contribution >= 4 is 40.7 Å².